The van der Waals surface area contributed by atoms with Gasteiger partial charge in [-0.2, -0.15) is 0 Å². The molecule has 3 rings (SSSR count). The van der Waals surface area contributed by atoms with E-state index in [0.717, 1.165) is 0 Å². The Morgan fingerprint density at radius 3 is 2.79 bits per heavy atom. The maximum Gasteiger partial charge on any atom is 0.299 e. The lowest BCUT2D eigenvalue weighted by molar-refractivity contribution is -0.114. The molecule has 1 aromatic carbocycles. The minimum absolute atomic E-state index is 0.204. The van der Waals surface area contributed by atoms with Crippen molar-refractivity contribution < 1.29 is 9.59 Å². The van der Waals surface area contributed by atoms with Crippen molar-refractivity contribution in [2.45, 2.75) is 6.54 Å². The van der Waals surface area contributed by atoms with Crippen LogP contribution in [0.3, 0.4) is 0 Å². The minimum Gasteiger partial charge on any atom is -0.319 e. The molecule has 0 saturated heterocycles. The summed E-state index contributed by atoms with van der Waals surface area (Å²) in [6, 6.07) is 4.82. The number of hydrogen-bond acceptors (Lipinski definition) is 4. The maximum atomic E-state index is 12.0. The van der Waals surface area contributed by atoms with Crippen LogP contribution >= 0.6 is 11.6 Å². The van der Waals surface area contributed by atoms with Crippen molar-refractivity contribution in [3.05, 3.63) is 40.9 Å². The van der Waals surface area contributed by atoms with Gasteiger partial charge in [0.05, 0.1) is 17.8 Å². The van der Waals surface area contributed by atoms with Gasteiger partial charge in [-0.05, 0) is 18.2 Å². The van der Waals surface area contributed by atoms with Crippen LogP contribution in [-0.4, -0.2) is 26.5 Å². The highest BCUT2D eigenvalue weighted by Gasteiger charge is 2.36. The predicted octanol–water partition coefficient (Wildman–Crippen LogP) is 1.20. The van der Waals surface area contributed by atoms with Gasteiger partial charge >= 0.3 is 0 Å². The van der Waals surface area contributed by atoms with Crippen molar-refractivity contribution in [2.75, 3.05) is 4.90 Å². The third kappa shape index (κ3) is 1.80. The molecule has 0 saturated carbocycles. The molecule has 0 aliphatic carbocycles. The predicted molar refractivity (Wildman–Crippen MR) is 68.0 cm³/mol. The molecule has 0 bridgehead atoms. The fourth-order valence-corrected chi connectivity index (χ4v) is 2.19. The molecular formula is C12H9ClN4O2. The molecule has 1 amide bonds. The van der Waals surface area contributed by atoms with Gasteiger partial charge in [0, 0.05) is 12.1 Å². The van der Waals surface area contributed by atoms with E-state index in [2.05, 4.69) is 10.2 Å². The van der Waals surface area contributed by atoms with Gasteiger partial charge in [0.1, 0.15) is 6.33 Å². The molecule has 0 N–H and O–H groups in total. The molecule has 0 atom stereocenters. The van der Waals surface area contributed by atoms with Crippen LogP contribution in [0.15, 0.2) is 24.5 Å². The Kier molecular flexibility index (Phi) is 2.60. The molecular weight excluding hydrogens is 268 g/mol. The number of carbonyl (C=O) groups excluding carboxylic acids is 2. The van der Waals surface area contributed by atoms with E-state index in [1.165, 1.54) is 11.0 Å². The van der Waals surface area contributed by atoms with Gasteiger partial charge in [-0.1, -0.05) is 11.6 Å². The van der Waals surface area contributed by atoms with E-state index in [0.29, 0.717) is 22.1 Å². The number of hydrogen-bond donors (Lipinski definition) is 0. The Bertz CT molecular complexity index is 695. The second-order valence-corrected chi connectivity index (χ2v) is 4.68. The van der Waals surface area contributed by atoms with Crippen molar-refractivity contribution in [3.8, 4) is 0 Å². The van der Waals surface area contributed by atoms with E-state index in [1.807, 2.05) is 0 Å². The van der Waals surface area contributed by atoms with Crippen LogP contribution in [0.25, 0.3) is 0 Å². The number of rotatable bonds is 2. The van der Waals surface area contributed by atoms with Crippen molar-refractivity contribution in [2.24, 2.45) is 7.05 Å². The smallest absolute Gasteiger partial charge is 0.299 e. The van der Waals surface area contributed by atoms with Gasteiger partial charge < -0.3 is 4.57 Å². The van der Waals surface area contributed by atoms with E-state index in [1.54, 1.807) is 30.1 Å². The van der Waals surface area contributed by atoms with Crippen LogP contribution in [0.4, 0.5) is 5.69 Å². The molecule has 1 aliphatic heterocycles. The molecule has 96 valence electrons. The van der Waals surface area contributed by atoms with Crippen molar-refractivity contribution >= 4 is 29.0 Å². The second kappa shape index (κ2) is 4.17. The molecule has 0 spiro atoms. The molecule has 1 aromatic heterocycles. The summed E-state index contributed by atoms with van der Waals surface area (Å²) >= 11 is 5.84. The van der Waals surface area contributed by atoms with E-state index in [9.17, 15) is 9.59 Å². The zero-order valence-electron chi connectivity index (χ0n) is 10.00. The van der Waals surface area contributed by atoms with Gasteiger partial charge in [-0.15, -0.1) is 10.2 Å². The molecule has 0 radical (unpaired) electrons. The lowest BCUT2D eigenvalue weighted by Crippen LogP contribution is -2.30. The summed E-state index contributed by atoms with van der Waals surface area (Å²) < 4.78 is 1.70. The van der Waals surface area contributed by atoms with E-state index in [4.69, 9.17) is 11.6 Å². The summed E-state index contributed by atoms with van der Waals surface area (Å²) in [7, 11) is 1.78. The highest BCUT2D eigenvalue weighted by atomic mass is 35.5. The number of aryl methyl sites for hydroxylation is 1. The number of nitrogens with zero attached hydrogens (tertiary/aromatic N) is 4. The average molecular weight is 277 g/mol. The summed E-state index contributed by atoms with van der Waals surface area (Å²) in [4.78, 5) is 25.3. The van der Waals surface area contributed by atoms with Gasteiger partial charge in [-0.3, -0.25) is 14.5 Å². The molecule has 2 heterocycles. The third-order valence-electron chi connectivity index (χ3n) is 3.04. The van der Waals surface area contributed by atoms with Crippen molar-refractivity contribution in [3.63, 3.8) is 0 Å². The van der Waals surface area contributed by atoms with E-state index < -0.39 is 11.7 Å². The molecule has 2 aromatic rings. The van der Waals surface area contributed by atoms with Gasteiger partial charge in [0.15, 0.2) is 5.82 Å². The van der Waals surface area contributed by atoms with Gasteiger partial charge in [0.2, 0.25) is 0 Å². The average Bonchev–Trinajstić information content (AvgIpc) is 2.88. The summed E-state index contributed by atoms with van der Waals surface area (Å²) in [6.45, 7) is 0.204. The Morgan fingerprint density at radius 1 is 1.32 bits per heavy atom. The monoisotopic (exact) mass is 276 g/mol. The van der Waals surface area contributed by atoms with E-state index >= 15 is 0 Å². The summed E-state index contributed by atoms with van der Waals surface area (Å²) in [5, 5.41) is 8.09. The largest absolute Gasteiger partial charge is 0.319 e. The number of aromatic nitrogens is 3. The normalized spacial score (nSPS) is 14.1. The molecule has 0 unspecified atom stereocenters. The number of ketones is 1. The molecule has 19 heavy (non-hydrogen) atoms. The van der Waals surface area contributed by atoms with Gasteiger partial charge in [0.25, 0.3) is 11.7 Å². The molecule has 6 nitrogen and oxygen atoms in total. The van der Waals surface area contributed by atoms with Crippen LogP contribution in [0.5, 0.6) is 0 Å². The number of anilines is 1. The lowest BCUT2D eigenvalue weighted by Gasteiger charge is -2.15. The maximum absolute atomic E-state index is 12.0. The first kappa shape index (κ1) is 11.9. The molecule has 7 heteroatoms. The number of benzene rings is 1. The number of fused-ring (bicyclic) bond motifs is 1. The van der Waals surface area contributed by atoms with E-state index in [-0.39, 0.29) is 6.54 Å². The SMILES string of the molecule is Cn1cnnc1CN1C(=O)C(=O)c2cc(Cl)ccc21. The zero-order chi connectivity index (χ0) is 13.6. The topological polar surface area (TPSA) is 68.1 Å². The molecule has 0 fully saturated rings. The Morgan fingerprint density at radius 2 is 2.11 bits per heavy atom. The second-order valence-electron chi connectivity index (χ2n) is 4.24. The highest BCUT2D eigenvalue weighted by molar-refractivity contribution is 6.52. The lowest BCUT2D eigenvalue weighted by atomic mass is 10.1. The number of Topliss-reactive ketones (excluding diaryl/α,β-unsaturated/α-hetero) is 1. The first-order chi connectivity index (χ1) is 9.08. The van der Waals surface area contributed by atoms with Crippen LogP contribution in [0.2, 0.25) is 5.02 Å². The first-order valence-corrected chi connectivity index (χ1v) is 5.94. The quantitative estimate of drug-likeness (QED) is 0.773. The van der Waals surface area contributed by atoms with Gasteiger partial charge in [-0.25, -0.2) is 0 Å². The van der Waals surface area contributed by atoms with Crippen molar-refractivity contribution in [1.82, 2.24) is 14.8 Å². The number of amides is 1. The minimum atomic E-state index is -0.569. The zero-order valence-corrected chi connectivity index (χ0v) is 10.8. The van der Waals surface area contributed by atoms with Crippen LogP contribution in [0.1, 0.15) is 16.2 Å². The summed E-state index contributed by atoms with van der Waals surface area (Å²) in [6.07, 6.45) is 1.54. The van der Waals surface area contributed by atoms with Crippen LogP contribution < -0.4 is 4.90 Å². The molecule has 1 aliphatic rings. The summed E-state index contributed by atoms with van der Waals surface area (Å²) in [5.41, 5.74) is 0.891. The standard InChI is InChI=1S/C12H9ClN4O2/c1-16-6-14-15-10(16)5-17-9-3-2-7(13)4-8(9)11(18)12(17)19/h2-4,6H,5H2,1H3. The van der Waals surface area contributed by atoms with Crippen LogP contribution in [-0.2, 0) is 18.4 Å². The number of halogens is 1. The fraction of sp³-hybridized carbons (Fsp3) is 0.167. The Labute approximate surface area is 113 Å². The Balaban J connectivity index is 2.02. The summed E-state index contributed by atoms with van der Waals surface area (Å²) in [5.74, 6) is -0.510. The number of carbonyl (C=O) groups is 2. The fourth-order valence-electron chi connectivity index (χ4n) is 2.02. The first-order valence-electron chi connectivity index (χ1n) is 5.56. The Hall–Kier alpha value is -2.21. The highest BCUT2D eigenvalue weighted by Crippen LogP contribution is 2.31. The van der Waals surface area contributed by atoms with Crippen molar-refractivity contribution in [1.29, 1.82) is 0 Å². The van der Waals surface area contributed by atoms with Crippen LogP contribution in [0, 0.1) is 0 Å². The third-order valence-corrected chi connectivity index (χ3v) is 3.27.